The van der Waals surface area contributed by atoms with E-state index in [4.69, 9.17) is 25.5 Å². The fourth-order valence-corrected chi connectivity index (χ4v) is 0.272. The first-order valence-electron chi connectivity index (χ1n) is 5.12. The predicted molar refractivity (Wildman–Crippen MR) is 65.2 cm³/mol. The summed E-state index contributed by atoms with van der Waals surface area (Å²) in [7, 11) is 0. The normalized spacial score (nSPS) is 8.56. The van der Waals surface area contributed by atoms with Gasteiger partial charge in [-0.2, -0.15) is 0 Å². The van der Waals surface area contributed by atoms with Crippen molar-refractivity contribution in [2.24, 2.45) is 0 Å². The molecule has 0 aliphatic rings. The summed E-state index contributed by atoms with van der Waals surface area (Å²) in [6, 6.07) is 0. The van der Waals surface area contributed by atoms with Crippen molar-refractivity contribution < 1.29 is 35.1 Å². The summed E-state index contributed by atoms with van der Waals surface area (Å²) in [6.45, 7) is 6.77. The molecular weight excluding hydrogens is 244 g/mol. The second kappa shape index (κ2) is 15.6. The highest BCUT2D eigenvalue weighted by molar-refractivity contribution is 5.75. The van der Waals surface area contributed by atoms with Crippen LogP contribution in [0.3, 0.4) is 0 Å². The first-order chi connectivity index (χ1) is 8.17. The molecule has 0 heterocycles. The Kier molecular flexibility index (Phi) is 18.8. The Bertz CT molecular complexity index is 216. The highest BCUT2D eigenvalue weighted by Gasteiger charge is 2.00. The molecular formula is C11H22O7. The summed E-state index contributed by atoms with van der Waals surface area (Å²) >= 11 is 0. The molecule has 5 N–H and O–H groups in total. The molecule has 0 aromatic rings. The fourth-order valence-electron chi connectivity index (χ4n) is 0.272. The van der Waals surface area contributed by atoms with Gasteiger partial charge in [0.05, 0.1) is 26.1 Å². The van der Waals surface area contributed by atoms with Crippen LogP contribution in [-0.2, 0) is 9.59 Å². The molecule has 0 aromatic carbocycles. The van der Waals surface area contributed by atoms with E-state index in [-0.39, 0.29) is 26.1 Å². The average Bonchev–Trinajstić information content (AvgIpc) is 2.25. The molecule has 7 nitrogen and oxygen atoms in total. The summed E-state index contributed by atoms with van der Waals surface area (Å²) in [4.78, 5) is 19.3. The number of rotatable bonds is 5. The van der Waals surface area contributed by atoms with Gasteiger partial charge in [-0.3, -0.25) is 9.59 Å². The minimum Gasteiger partial charge on any atom is -0.481 e. The lowest BCUT2D eigenvalue weighted by Crippen LogP contribution is -2.15. The van der Waals surface area contributed by atoms with E-state index in [0.29, 0.717) is 0 Å². The smallest absolute Gasteiger partial charge is 0.303 e. The van der Waals surface area contributed by atoms with Crippen LogP contribution in [0.2, 0.25) is 0 Å². The van der Waals surface area contributed by atoms with E-state index in [1.807, 2.05) is 13.8 Å². The number of carboxylic acids is 2. The summed E-state index contributed by atoms with van der Waals surface area (Å²) in [5.74, 6) is -2.15. The molecule has 7 heteroatoms. The fraction of sp³-hybridized carbons (Fsp3) is 0.636. The lowest BCUT2D eigenvalue weighted by atomic mass is 10.3. The van der Waals surface area contributed by atoms with Gasteiger partial charge in [-0.05, 0) is 13.8 Å². The number of carbonyl (C=O) groups is 2. The standard InChI is InChI=1S/C4H6O4.C4H8.C3H8O3/c5-3(6)1-2-4(7)8;1-4(2)3;4-1-3(6)2-5/h1-2H2,(H,5,6)(H,7,8);1H2,2-3H3;3-6H,1-2H2. The number of aliphatic hydroxyl groups is 3. The van der Waals surface area contributed by atoms with Crippen molar-refractivity contribution >= 4 is 11.9 Å². The number of aliphatic carboxylic acids is 2. The van der Waals surface area contributed by atoms with Gasteiger partial charge in [-0.25, -0.2) is 0 Å². The van der Waals surface area contributed by atoms with Gasteiger partial charge < -0.3 is 25.5 Å². The first kappa shape index (κ1) is 21.8. The molecule has 0 aliphatic heterocycles. The third kappa shape index (κ3) is 46.8. The molecule has 108 valence electrons. The molecule has 0 aromatic heterocycles. The molecule has 0 atom stereocenters. The van der Waals surface area contributed by atoms with Crippen LogP contribution >= 0.6 is 0 Å². The Morgan fingerprint density at radius 3 is 1.28 bits per heavy atom. The number of carboxylic acid groups (broad SMARTS) is 2. The van der Waals surface area contributed by atoms with Crippen molar-refractivity contribution in [2.75, 3.05) is 13.2 Å². The molecule has 0 saturated heterocycles. The van der Waals surface area contributed by atoms with Gasteiger partial charge in [0.15, 0.2) is 0 Å². The number of allylic oxidation sites excluding steroid dienone is 1. The van der Waals surface area contributed by atoms with Crippen molar-refractivity contribution in [1.29, 1.82) is 0 Å². The van der Waals surface area contributed by atoms with E-state index in [1.54, 1.807) is 0 Å². The van der Waals surface area contributed by atoms with Crippen LogP contribution in [0.1, 0.15) is 26.7 Å². The lowest BCUT2D eigenvalue weighted by Gasteiger charge is -1.96. The van der Waals surface area contributed by atoms with E-state index in [9.17, 15) is 9.59 Å². The van der Waals surface area contributed by atoms with Gasteiger partial charge in [0.2, 0.25) is 0 Å². The van der Waals surface area contributed by atoms with Gasteiger partial charge in [0, 0.05) is 0 Å². The first-order valence-corrected chi connectivity index (χ1v) is 5.12. The molecule has 0 spiro atoms. The van der Waals surface area contributed by atoms with E-state index in [0.717, 1.165) is 0 Å². The van der Waals surface area contributed by atoms with Crippen LogP contribution in [0.25, 0.3) is 0 Å². The van der Waals surface area contributed by atoms with Crippen LogP contribution in [0.5, 0.6) is 0 Å². The van der Waals surface area contributed by atoms with Crippen molar-refractivity contribution in [1.82, 2.24) is 0 Å². The SMILES string of the molecule is C=C(C)C.O=C(O)CCC(=O)O.OCC(O)CO. The Labute approximate surface area is 106 Å². The van der Waals surface area contributed by atoms with Crippen molar-refractivity contribution in [3.05, 3.63) is 12.2 Å². The van der Waals surface area contributed by atoms with Gasteiger partial charge >= 0.3 is 11.9 Å². The monoisotopic (exact) mass is 266 g/mol. The maximum Gasteiger partial charge on any atom is 0.303 e. The zero-order valence-corrected chi connectivity index (χ0v) is 10.7. The number of hydrogen-bond donors (Lipinski definition) is 5. The van der Waals surface area contributed by atoms with Crippen molar-refractivity contribution in [3.63, 3.8) is 0 Å². The Morgan fingerprint density at radius 2 is 1.22 bits per heavy atom. The van der Waals surface area contributed by atoms with Crippen LogP contribution in [0, 0.1) is 0 Å². The Morgan fingerprint density at radius 1 is 1.00 bits per heavy atom. The highest BCUT2D eigenvalue weighted by Crippen LogP contribution is 1.86. The van der Waals surface area contributed by atoms with Gasteiger partial charge in [0.1, 0.15) is 6.10 Å². The topological polar surface area (TPSA) is 135 Å². The zero-order chi connectivity index (χ0) is 15.1. The molecule has 0 rings (SSSR count). The van der Waals surface area contributed by atoms with Crippen LogP contribution in [0.15, 0.2) is 12.2 Å². The maximum absolute atomic E-state index is 9.64. The van der Waals surface area contributed by atoms with E-state index >= 15 is 0 Å². The highest BCUT2D eigenvalue weighted by atomic mass is 16.4. The maximum atomic E-state index is 9.64. The van der Waals surface area contributed by atoms with Gasteiger partial charge in [-0.1, -0.05) is 5.57 Å². The summed E-state index contributed by atoms with van der Waals surface area (Å²) in [5, 5.41) is 39.8. The lowest BCUT2D eigenvalue weighted by molar-refractivity contribution is -0.143. The summed E-state index contributed by atoms with van der Waals surface area (Å²) in [6.07, 6.45) is -1.55. The summed E-state index contributed by atoms with van der Waals surface area (Å²) in [5.41, 5.74) is 1.17. The van der Waals surface area contributed by atoms with E-state index in [1.165, 1.54) is 5.57 Å². The Balaban J connectivity index is -0.000000200. The molecule has 0 unspecified atom stereocenters. The molecule has 0 radical (unpaired) electrons. The van der Waals surface area contributed by atoms with Crippen LogP contribution in [-0.4, -0.2) is 56.8 Å². The average molecular weight is 266 g/mol. The van der Waals surface area contributed by atoms with Gasteiger partial charge in [-0.15, -0.1) is 6.58 Å². The van der Waals surface area contributed by atoms with E-state index in [2.05, 4.69) is 6.58 Å². The molecule has 0 aliphatic carbocycles. The quantitative estimate of drug-likeness (QED) is 0.436. The van der Waals surface area contributed by atoms with Crippen LogP contribution < -0.4 is 0 Å². The molecule has 18 heavy (non-hydrogen) atoms. The third-order valence-corrected chi connectivity index (χ3v) is 0.974. The minimum atomic E-state index is -1.08. The third-order valence-electron chi connectivity index (χ3n) is 0.974. The largest absolute Gasteiger partial charge is 0.481 e. The molecule has 0 fully saturated rings. The zero-order valence-electron chi connectivity index (χ0n) is 10.7. The van der Waals surface area contributed by atoms with Crippen molar-refractivity contribution in [2.45, 2.75) is 32.8 Å². The number of aliphatic hydroxyl groups excluding tert-OH is 3. The molecule has 0 amide bonds. The molecule has 0 saturated carbocycles. The minimum absolute atomic E-state index is 0.296. The molecule has 0 bridgehead atoms. The van der Waals surface area contributed by atoms with E-state index < -0.39 is 18.0 Å². The second-order valence-electron chi connectivity index (χ2n) is 3.51. The second-order valence-corrected chi connectivity index (χ2v) is 3.51. The number of hydrogen-bond acceptors (Lipinski definition) is 5. The van der Waals surface area contributed by atoms with Crippen LogP contribution in [0.4, 0.5) is 0 Å². The summed E-state index contributed by atoms with van der Waals surface area (Å²) < 4.78 is 0. The van der Waals surface area contributed by atoms with Gasteiger partial charge in [0.25, 0.3) is 0 Å². The predicted octanol–water partition coefficient (Wildman–Crippen LogP) is -0.150. The van der Waals surface area contributed by atoms with Crippen molar-refractivity contribution in [3.8, 4) is 0 Å². The Hall–Kier alpha value is -1.44.